The zero-order valence-electron chi connectivity index (χ0n) is 18.0. The maximum Gasteiger partial charge on any atom is 0.322 e. The van der Waals surface area contributed by atoms with Crippen LogP contribution in [0.2, 0.25) is 5.02 Å². The van der Waals surface area contributed by atoms with Crippen LogP contribution in [0, 0.1) is 24.6 Å². The van der Waals surface area contributed by atoms with Crippen LogP contribution in [0.3, 0.4) is 0 Å². The summed E-state index contributed by atoms with van der Waals surface area (Å²) in [6, 6.07) is 6.92. The molecule has 0 amide bonds. The van der Waals surface area contributed by atoms with Gasteiger partial charge in [0.2, 0.25) is 5.95 Å². The van der Waals surface area contributed by atoms with E-state index in [9.17, 15) is 4.39 Å². The number of benzene rings is 1. The molecule has 2 aromatic heterocycles. The summed E-state index contributed by atoms with van der Waals surface area (Å²) >= 11 is 5.87. The standard InChI is InChI=1S/C22H25ClFN7O/c1-3-31-22(32-16-6-7-18(24)17(23)9-16)28-21(29-31)27-20-14-4-5-15(20)11-30(10-14)19-8-13(2)25-12-26-19/h6-9,12,14-15,20H,3-5,10-11H2,1-2H3,(H,27,29)/t14-,15+,20-. The smallest absolute Gasteiger partial charge is 0.322 e. The van der Waals surface area contributed by atoms with Crippen molar-refractivity contribution < 1.29 is 9.13 Å². The van der Waals surface area contributed by atoms with Crippen LogP contribution in [-0.2, 0) is 6.54 Å². The zero-order chi connectivity index (χ0) is 22.2. The maximum atomic E-state index is 13.4. The van der Waals surface area contributed by atoms with E-state index in [0.717, 1.165) is 37.4 Å². The summed E-state index contributed by atoms with van der Waals surface area (Å²) in [5, 5.41) is 8.14. The second kappa shape index (κ2) is 8.54. The number of nitrogens with zero attached hydrogens (tertiary/aromatic N) is 6. The largest absolute Gasteiger partial charge is 0.424 e. The van der Waals surface area contributed by atoms with Gasteiger partial charge in [-0.3, -0.25) is 0 Å². The Kier molecular flexibility index (Phi) is 5.58. The number of anilines is 2. The summed E-state index contributed by atoms with van der Waals surface area (Å²) in [5.41, 5.74) is 0.979. The van der Waals surface area contributed by atoms with Crippen LogP contribution >= 0.6 is 11.6 Å². The molecular formula is C22H25ClFN7O. The van der Waals surface area contributed by atoms with Crippen molar-refractivity contribution in [1.29, 1.82) is 0 Å². The Morgan fingerprint density at radius 3 is 2.66 bits per heavy atom. The normalized spacial score (nSPS) is 22.2. The lowest BCUT2D eigenvalue weighted by Crippen LogP contribution is -2.48. The molecule has 2 bridgehead atoms. The van der Waals surface area contributed by atoms with Crippen LogP contribution in [-0.4, -0.2) is 43.9 Å². The first kappa shape index (κ1) is 20.9. The van der Waals surface area contributed by atoms with Crippen LogP contribution in [0.4, 0.5) is 16.2 Å². The summed E-state index contributed by atoms with van der Waals surface area (Å²) < 4.78 is 21.0. The molecule has 10 heteroatoms. The first-order chi connectivity index (χ1) is 15.5. The molecule has 3 aromatic rings. The van der Waals surface area contributed by atoms with Gasteiger partial charge in [0.1, 0.15) is 23.7 Å². The van der Waals surface area contributed by atoms with Crippen LogP contribution in [0.1, 0.15) is 25.5 Å². The molecule has 32 heavy (non-hydrogen) atoms. The zero-order valence-corrected chi connectivity index (χ0v) is 18.8. The summed E-state index contributed by atoms with van der Waals surface area (Å²) in [5.74, 6) is 2.43. The molecule has 1 aliphatic carbocycles. The van der Waals surface area contributed by atoms with Gasteiger partial charge in [0.05, 0.1) is 5.02 Å². The number of aryl methyl sites for hydroxylation is 2. The lowest BCUT2D eigenvalue weighted by Gasteiger charge is -2.38. The third kappa shape index (κ3) is 4.09. The van der Waals surface area contributed by atoms with Gasteiger partial charge in [-0.1, -0.05) is 11.6 Å². The Hall–Kier alpha value is -2.94. The van der Waals surface area contributed by atoms with Gasteiger partial charge in [-0.05, 0) is 50.7 Å². The van der Waals surface area contributed by atoms with E-state index < -0.39 is 5.82 Å². The van der Waals surface area contributed by atoms with Crippen molar-refractivity contribution in [3.8, 4) is 11.8 Å². The van der Waals surface area contributed by atoms with Crippen LogP contribution in [0.5, 0.6) is 11.8 Å². The first-order valence-corrected chi connectivity index (χ1v) is 11.3. The van der Waals surface area contributed by atoms with Crippen molar-refractivity contribution >= 4 is 23.4 Å². The Labute approximate surface area is 190 Å². The minimum Gasteiger partial charge on any atom is -0.424 e. The molecule has 0 spiro atoms. The lowest BCUT2D eigenvalue weighted by atomic mass is 9.92. The number of piperidine rings is 1. The summed E-state index contributed by atoms with van der Waals surface area (Å²) in [7, 11) is 0. The van der Waals surface area contributed by atoms with E-state index in [1.165, 1.54) is 18.2 Å². The molecule has 8 nitrogen and oxygen atoms in total. The highest BCUT2D eigenvalue weighted by atomic mass is 35.5. The number of fused-ring (bicyclic) bond motifs is 2. The fraction of sp³-hybridized carbons (Fsp3) is 0.455. The van der Waals surface area contributed by atoms with E-state index in [2.05, 4.69) is 30.3 Å². The molecule has 1 N–H and O–H groups in total. The van der Waals surface area contributed by atoms with Crippen molar-refractivity contribution in [3.05, 3.63) is 47.1 Å². The van der Waals surface area contributed by atoms with Gasteiger partial charge in [0.15, 0.2) is 0 Å². The second-order valence-electron chi connectivity index (χ2n) is 8.40. The number of hydrogen-bond donors (Lipinski definition) is 1. The minimum absolute atomic E-state index is 0.00521. The lowest BCUT2D eigenvalue weighted by molar-refractivity contribution is 0.374. The van der Waals surface area contributed by atoms with Gasteiger partial charge in [0, 0.05) is 43.5 Å². The highest BCUT2D eigenvalue weighted by molar-refractivity contribution is 6.30. The van der Waals surface area contributed by atoms with E-state index in [-0.39, 0.29) is 5.02 Å². The second-order valence-corrected chi connectivity index (χ2v) is 8.81. The van der Waals surface area contributed by atoms with Crippen LogP contribution in [0.25, 0.3) is 0 Å². The SMILES string of the molecule is CCn1nc(N[C@@H]2[C@@H]3CC[C@H]2CN(c2cc(C)ncn2)C3)nc1Oc1ccc(F)c(Cl)c1. The van der Waals surface area contributed by atoms with Gasteiger partial charge in [-0.25, -0.2) is 19.0 Å². The quantitative estimate of drug-likeness (QED) is 0.590. The van der Waals surface area contributed by atoms with E-state index in [1.54, 1.807) is 11.0 Å². The molecule has 3 atom stereocenters. The highest BCUT2D eigenvalue weighted by Gasteiger charge is 2.43. The van der Waals surface area contributed by atoms with E-state index in [1.807, 2.05) is 19.9 Å². The van der Waals surface area contributed by atoms with Crippen LogP contribution < -0.4 is 15.0 Å². The van der Waals surface area contributed by atoms with Crippen LogP contribution in [0.15, 0.2) is 30.6 Å². The molecule has 2 fully saturated rings. The third-order valence-electron chi connectivity index (χ3n) is 6.28. The van der Waals surface area contributed by atoms with Crippen molar-refractivity contribution in [3.63, 3.8) is 0 Å². The predicted molar refractivity (Wildman–Crippen MR) is 120 cm³/mol. The molecule has 5 rings (SSSR count). The minimum atomic E-state index is -0.489. The molecule has 1 aliphatic heterocycles. The number of aromatic nitrogens is 5. The highest BCUT2D eigenvalue weighted by Crippen LogP contribution is 2.40. The topological polar surface area (TPSA) is 81.0 Å². The molecule has 0 radical (unpaired) electrons. The molecule has 1 saturated heterocycles. The van der Waals surface area contributed by atoms with E-state index in [4.69, 9.17) is 16.3 Å². The molecule has 3 heterocycles. The molecular weight excluding hydrogens is 433 g/mol. The van der Waals surface area contributed by atoms with Crippen molar-refractivity contribution in [2.45, 2.75) is 39.3 Å². The number of halogens is 2. The first-order valence-electron chi connectivity index (χ1n) is 10.9. The maximum absolute atomic E-state index is 13.4. The Balaban J connectivity index is 1.30. The van der Waals surface area contributed by atoms with Crippen molar-refractivity contribution in [2.24, 2.45) is 11.8 Å². The molecule has 168 valence electrons. The van der Waals surface area contributed by atoms with Gasteiger partial charge in [-0.15, -0.1) is 5.10 Å². The molecule has 0 unspecified atom stereocenters. The van der Waals surface area contributed by atoms with Gasteiger partial charge in [0.25, 0.3) is 0 Å². The fourth-order valence-electron chi connectivity index (χ4n) is 4.72. The summed E-state index contributed by atoms with van der Waals surface area (Å²) in [6.45, 7) is 6.43. The van der Waals surface area contributed by atoms with Gasteiger partial charge < -0.3 is 15.0 Å². The Bertz CT molecular complexity index is 1110. The fourth-order valence-corrected chi connectivity index (χ4v) is 4.89. The van der Waals surface area contributed by atoms with E-state index >= 15 is 0 Å². The average molecular weight is 458 g/mol. The number of rotatable bonds is 6. The molecule has 1 saturated carbocycles. The molecule has 1 aromatic carbocycles. The predicted octanol–water partition coefficient (Wildman–Crippen LogP) is 4.31. The Morgan fingerprint density at radius 2 is 1.97 bits per heavy atom. The average Bonchev–Trinajstić information content (AvgIpc) is 3.25. The van der Waals surface area contributed by atoms with Crippen molar-refractivity contribution in [2.75, 3.05) is 23.3 Å². The Morgan fingerprint density at radius 1 is 1.19 bits per heavy atom. The number of hydrogen-bond acceptors (Lipinski definition) is 7. The number of nitrogens with one attached hydrogen (secondary N) is 1. The third-order valence-corrected chi connectivity index (χ3v) is 6.57. The van der Waals surface area contributed by atoms with E-state index in [0.29, 0.717) is 42.1 Å². The van der Waals surface area contributed by atoms with Crippen molar-refractivity contribution in [1.82, 2.24) is 24.7 Å². The summed E-state index contributed by atoms with van der Waals surface area (Å²) in [6.07, 6.45) is 3.96. The number of ether oxygens (including phenoxy) is 1. The van der Waals surface area contributed by atoms with Gasteiger partial charge >= 0.3 is 6.01 Å². The summed E-state index contributed by atoms with van der Waals surface area (Å²) in [4.78, 5) is 15.6. The van der Waals surface area contributed by atoms with Gasteiger partial charge in [-0.2, -0.15) is 4.98 Å². The monoisotopic (exact) mass is 457 g/mol. The molecule has 2 aliphatic rings.